The van der Waals surface area contributed by atoms with E-state index < -0.39 is 22.5 Å². The molecule has 0 saturated heterocycles. The molecule has 3 aromatic carbocycles. The molecule has 0 bridgehead atoms. The Hall–Kier alpha value is -2.72. The van der Waals surface area contributed by atoms with Gasteiger partial charge in [0, 0.05) is 3.57 Å². The quantitative estimate of drug-likeness (QED) is 0.229. The highest BCUT2D eigenvalue weighted by Gasteiger charge is 2.27. The van der Waals surface area contributed by atoms with E-state index in [2.05, 4.69) is 47.0 Å². The highest BCUT2D eigenvalue weighted by atomic mass is 127. The smallest absolute Gasteiger partial charge is 0.264 e. The van der Waals surface area contributed by atoms with Gasteiger partial charge in [-0.25, -0.2) is 13.8 Å². The molecule has 0 aliphatic heterocycles. The first-order valence-corrected chi connectivity index (χ1v) is 13.0. The summed E-state index contributed by atoms with van der Waals surface area (Å²) >= 11 is 2.22. The second kappa shape index (κ2) is 10.9. The molecule has 0 spiro atoms. The molecule has 0 radical (unpaired) electrons. The van der Waals surface area contributed by atoms with Gasteiger partial charge in [-0.3, -0.25) is 9.10 Å². The van der Waals surface area contributed by atoms with E-state index in [4.69, 9.17) is 0 Å². The molecule has 1 N–H and O–H groups in total. The largest absolute Gasteiger partial charge is 0.271 e. The number of nitrogens with zero attached hydrogens (tertiary/aromatic N) is 2. The van der Waals surface area contributed by atoms with Gasteiger partial charge < -0.3 is 0 Å². The zero-order chi connectivity index (χ0) is 24.0. The van der Waals surface area contributed by atoms with E-state index in [0.717, 1.165) is 19.0 Å². The van der Waals surface area contributed by atoms with Gasteiger partial charge in [0.1, 0.15) is 6.54 Å². The van der Waals surface area contributed by atoms with Gasteiger partial charge in [0.2, 0.25) is 0 Å². The minimum absolute atomic E-state index is 0.115. The Bertz CT molecular complexity index is 1220. The molecule has 0 aliphatic carbocycles. The third kappa shape index (κ3) is 6.42. The number of amides is 1. The van der Waals surface area contributed by atoms with Gasteiger partial charge in [-0.05, 0) is 83.0 Å². The number of halogens is 1. The SMILES string of the molecule is C/C(=N/NC(=O)CN(c1ccc(C(C)C)cc1)S(=O)(=O)c1ccccc1)c1ccc(I)cc1. The average molecular weight is 575 g/mol. The lowest BCUT2D eigenvalue weighted by Crippen LogP contribution is -2.39. The van der Waals surface area contributed by atoms with Crippen LogP contribution in [0.3, 0.4) is 0 Å². The summed E-state index contributed by atoms with van der Waals surface area (Å²) in [5.74, 6) is -0.229. The number of rotatable bonds is 8. The van der Waals surface area contributed by atoms with Crippen LogP contribution in [0.4, 0.5) is 5.69 Å². The van der Waals surface area contributed by atoms with Crippen LogP contribution in [0.1, 0.15) is 37.8 Å². The predicted molar refractivity (Wildman–Crippen MR) is 141 cm³/mol. The number of nitrogens with one attached hydrogen (secondary N) is 1. The van der Waals surface area contributed by atoms with E-state index in [1.54, 1.807) is 37.3 Å². The number of hydrogen-bond acceptors (Lipinski definition) is 4. The minimum Gasteiger partial charge on any atom is -0.271 e. The second-order valence-electron chi connectivity index (χ2n) is 7.81. The van der Waals surface area contributed by atoms with Crippen LogP contribution in [0.25, 0.3) is 0 Å². The molecule has 0 aromatic heterocycles. The first kappa shape index (κ1) is 24.9. The number of benzene rings is 3. The van der Waals surface area contributed by atoms with Crippen molar-refractivity contribution in [1.29, 1.82) is 0 Å². The molecule has 172 valence electrons. The van der Waals surface area contributed by atoms with Crippen LogP contribution in [0.5, 0.6) is 0 Å². The van der Waals surface area contributed by atoms with Crippen molar-refractivity contribution in [1.82, 2.24) is 5.43 Å². The maximum Gasteiger partial charge on any atom is 0.264 e. The van der Waals surface area contributed by atoms with E-state index in [-0.39, 0.29) is 4.90 Å². The average Bonchev–Trinajstić information content (AvgIpc) is 2.82. The molecule has 0 fully saturated rings. The summed E-state index contributed by atoms with van der Waals surface area (Å²) in [6.45, 7) is 5.51. The molecular weight excluding hydrogens is 549 g/mol. The van der Waals surface area contributed by atoms with Crippen LogP contribution in [0.15, 0.2) is 88.9 Å². The fourth-order valence-corrected chi connectivity index (χ4v) is 4.93. The first-order chi connectivity index (χ1) is 15.7. The Balaban J connectivity index is 1.87. The van der Waals surface area contributed by atoms with Crippen molar-refractivity contribution in [3.63, 3.8) is 0 Å². The third-order valence-corrected chi connectivity index (χ3v) is 7.58. The molecule has 0 saturated carbocycles. The molecule has 3 aromatic rings. The summed E-state index contributed by atoms with van der Waals surface area (Å²) in [5, 5.41) is 4.16. The van der Waals surface area contributed by atoms with Crippen LogP contribution in [-0.2, 0) is 14.8 Å². The Morgan fingerprint density at radius 1 is 0.970 bits per heavy atom. The zero-order valence-corrected chi connectivity index (χ0v) is 21.7. The van der Waals surface area contributed by atoms with Crippen LogP contribution in [-0.4, -0.2) is 26.6 Å². The van der Waals surface area contributed by atoms with Crippen LogP contribution in [0, 0.1) is 3.57 Å². The monoisotopic (exact) mass is 575 g/mol. The number of carbonyl (C=O) groups is 1. The van der Waals surface area contributed by atoms with Crippen molar-refractivity contribution in [2.24, 2.45) is 5.10 Å². The first-order valence-electron chi connectivity index (χ1n) is 10.5. The van der Waals surface area contributed by atoms with Gasteiger partial charge in [-0.15, -0.1) is 0 Å². The predicted octanol–water partition coefficient (Wildman–Crippen LogP) is 5.15. The van der Waals surface area contributed by atoms with Gasteiger partial charge in [0.15, 0.2) is 0 Å². The maximum absolute atomic E-state index is 13.4. The van der Waals surface area contributed by atoms with E-state index >= 15 is 0 Å². The van der Waals surface area contributed by atoms with Crippen LogP contribution < -0.4 is 9.73 Å². The van der Waals surface area contributed by atoms with E-state index in [1.165, 1.54) is 12.1 Å². The zero-order valence-electron chi connectivity index (χ0n) is 18.7. The Labute approximate surface area is 208 Å². The Morgan fingerprint density at radius 3 is 2.15 bits per heavy atom. The lowest BCUT2D eigenvalue weighted by Gasteiger charge is -2.24. The summed E-state index contributed by atoms with van der Waals surface area (Å²) in [6, 6.07) is 23.0. The molecule has 0 unspecified atom stereocenters. The summed E-state index contributed by atoms with van der Waals surface area (Å²) in [7, 11) is -3.95. The number of hydrogen-bond donors (Lipinski definition) is 1. The summed E-state index contributed by atoms with van der Waals surface area (Å²) in [5.41, 5.74) is 5.48. The molecule has 0 atom stereocenters. The second-order valence-corrected chi connectivity index (χ2v) is 10.9. The van der Waals surface area contributed by atoms with E-state index in [9.17, 15) is 13.2 Å². The summed E-state index contributed by atoms with van der Waals surface area (Å²) in [6.07, 6.45) is 0. The van der Waals surface area contributed by atoms with Crippen LogP contribution >= 0.6 is 22.6 Å². The number of hydrazone groups is 1. The number of carbonyl (C=O) groups excluding carboxylic acids is 1. The molecule has 0 heterocycles. The molecule has 8 heteroatoms. The van der Waals surface area contributed by atoms with Gasteiger partial charge in [-0.2, -0.15) is 5.10 Å². The fourth-order valence-electron chi connectivity index (χ4n) is 3.13. The molecular formula is C25H26IN3O3S. The molecule has 6 nitrogen and oxygen atoms in total. The lowest BCUT2D eigenvalue weighted by atomic mass is 10.0. The minimum atomic E-state index is -3.95. The van der Waals surface area contributed by atoms with Gasteiger partial charge in [0.25, 0.3) is 15.9 Å². The fraction of sp³-hybridized carbons (Fsp3) is 0.200. The van der Waals surface area contributed by atoms with E-state index in [0.29, 0.717) is 17.3 Å². The normalized spacial score (nSPS) is 12.0. The number of anilines is 1. The van der Waals surface area contributed by atoms with Crippen molar-refractivity contribution in [3.05, 3.63) is 93.6 Å². The van der Waals surface area contributed by atoms with Crippen molar-refractivity contribution in [2.45, 2.75) is 31.6 Å². The third-order valence-electron chi connectivity index (χ3n) is 5.08. The maximum atomic E-state index is 13.4. The van der Waals surface area contributed by atoms with E-state index in [1.807, 2.05) is 36.4 Å². The molecule has 3 rings (SSSR count). The number of sulfonamides is 1. The standard InChI is InChI=1S/C25H26IN3O3S/c1-18(2)20-11-15-23(16-12-20)29(33(31,32)24-7-5-4-6-8-24)17-25(30)28-27-19(3)21-9-13-22(26)14-10-21/h4-16,18H,17H2,1-3H3,(H,28,30)/b27-19-. The van der Waals surface area contributed by atoms with Gasteiger partial charge >= 0.3 is 0 Å². The molecule has 33 heavy (non-hydrogen) atoms. The summed E-state index contributed by atoms with van der Waals surface area (Å²) < 4.78 is 29.0. The topological polar surface area (TPSA) is 78.8 Å². The van der Waals surface area contributed by atoms with Gasteiger partial charge in [-0.1, -0.05) is 56.3 Å². The van der Waals surface area contributed by atoms with Crippen molar-refractivity contribution < 1.29 is 13.2 Å². The van der Waals surface area contributed by atoms with Crippen molar-refractivity contribution in [2.75, 3.05) is 10.8 Å². The summed E-state index contributed by atoms with van der Waals surface area (Å²) in [4.78, 5) is 12.9. The van der Waals surface area contributed by atoms with Gasteiger partial charge in [0.05, 0.1) is 16.3 Å². The lowest BCUT2D eigenvalue weighted by molar-refractivity contribution is -0.119. The van der Waals surface area contributed by atoms with Crippen molar-refractivity contribution in [3.8, 4) is 0 Å². The molecule has 0 aliphatic rings. The Morgan fingerprint density at radius 2 is 1.58 bits per heavy atom. The Kier molecular flexibility index (Phi) is 8.25. The van der Waals surface area contributed by atoms with Crippen molar-refractivity contribution >= 4 is 49.9 Å². The highest BCUT2D eigenvalue weighted by molar-refractivity contribution is 14.1. The van der Waals surface area contributed by atoms with Crippen LogP contribution in [0.2, 0.25) is 0 Å². The molecule has 1 amide bonds. The highest BCUT2D eigenvalue weighted by Crippen LogP contribution is 2.25.